The Labute approximate surface area is 201 Å². The van der Waals surface area contributed by atoms with Gasteiger partial charge < -0.3 is 0 Å². The third kappa shape index (κ3) is 4.23. The van der Waals surface area contributed by atoms with E-state index in [0.717, 1.165) is 51.4 Å². The van der Waals surface area contributed by atoms with Crippen LogP contribution in [0.1, 0.15) is 78.4 Å². The molecule has 2 fully saturated rings. The van der Waals surface area contributed by atoms with Gasteiger partial charge in [0.2, 0.25) is 20.0 Å². The van der Waals surface area contributed by atoms with E-state index in [2.05, 4.69) is 0 Å². The molecule has 4 N–H and O–H groups in total. The Morgan fingerprint density at radius 1 is 0.735 bits per heavy atom. The Morgan fingerprint density at radius 2 is 1.32 bits per heavy atom. The third-order valence-corrected chi connectivity index (χ3v) is 9.76. The molecule has 0 unspecified atom stereocenters. The average Bonchev–Trinajstić information content (AvgIpc) is 3.49. The Balaban J connectivity index is 1.75. The molecule has 0 radical (unpaired) electrons. The van der Waals surface area contributed by atoms with E-state index >= 15 is 0 Å². The SMILES string of the molecule is NS(=O)(=O)c1ccc2c(c1)C(=O)c1c-2cc(CC2CCCC2)c(S(N)(=O)=O)c1CC1CCCC1. The highest BCUT2D eigenvalue weighted by atomic mass is 32.2. The molecule has 3 aliphatic carbocycles. The highest BCUT2D eigenvalue weighted by Gasteiger charge is 2.37. The summed E-state index contributed by atoms with van der Waals surface area (Å²) in [5.41, 5.74) is 3.08. The molecule has 5 rings (SSSR count). The van der Waals surface area contributed by atoms with E-state index in [1.54, 1.807) is 6.07 Å². The van der Waals surface area contributed by atoms with Crippen LogP contribution in [0, 0.1) is 11.8 Å². The van der Waals surface area contributed by atoms with Crippen LogP contribution in [0.3, 0.4) is 0 Å². The second-order valence-corrected chi connectivity index (χ2v) is 13.2. The molecular formula is C25H30N2O5S2. The van der Waals surface area contributed by atoms with Crippen molar-refractivity contribution in [2.24, 2.45) is 22.1 Å². The zero-order valence-corrected chi connectivity index (χ0v) is 20.7. The van der Waals surface area contributed by atoms with E-state index < -0.39 is 20.0 Å². The van der Waals surface area contributed by atoms with E-state index in [-0.39, 0.29) is 21.1 Å². The van der Waals surface area contributed by atoms with E-state index in [1.165, 1.54) is 12.1 Å². The molecule has 2 saturated carbocycles. The molecule has 2 aromatic rings. The molecular weight excluding hydrogens is 472 g/mol. The van der Waals surface area contributed by atoms with Crippen LogP contribution < -0.4 is 10.3 Å². The molecule has 9 heteroatoms. The van der Waals surface area contributed by atoms with Crippen LogP contribution in [0.15, 0.2) is 34.1 Å². The largest absolute Gasteiger partial charge is 0.289 e. The van der Waals surface area contributed by atoms with Crippen molar-refractivity contribution in [3.05, 3.63) is 46.5 Å². The molecule has 0 atom stereocenters. The summed E-state index contributed by atoms with van der Waals surface area (Å²) in [5.74, 6) is 0.322. The molecule has 0 aromatic heterocycles. The third-order valence-electron chi connectivity index (χ3n) is 7.77. The van der Waals surface area contributed by atoms with Crippen LogP contribution in [0.25, 0.3) is 11.1 Å². The van der Waals surface area contributed by atoms with Gasteiger partial charge in [-0.1, -0.05) is 57.4 Å². The fraction of sp³-hybridized carbons (Fsp3) is 0.480. The fourth-order valence-corrected chi connectivity index (χ4v) is 7.82. The van der Waals surface area contributed by atoms with Gasteiger partial charge in [-0.05, 0) is 65.1 Å². The van der Waals surface area contributed by atoms with Crippen LogP contribution >= 0.6 is 0 Å². The van der Waals surface area contributed by atoms with Crippen molar-refractivity contribution >= 4 is 25.8 Å². The summed E-state index contributed by atoms with van der Waals surface area (Å²) in [6.07, 6.45) is 9.60. The van der Waals surface area contributed by atoms with Gasteiger partial charge in [-0.2, -0.15) is 0 Å². The minimum Gasteiger partial charge on any atom is -0.289 e. The Bertz CT molecular complexity index is 1380. The summed E-state index contributed by atoms with van der Waals surface area (Å²) in [7, 11) is -8.07. The molecule has 34 heavy (non-hydrogen) atoms. The van der Waals surface area contributed by atoms with Crippen molar-refractivity contribution in [3.63, 3.8) is 0 Å². The summed E-state index contributed by atoms with van der Waals surface area (Å²) in [5, 5.41) is 11.1. The van der Waals surface area contributed by atoms with Crippen molar-refractivity contribution in [1.82, 2.24) is 0 Å². The second kappa shape index (κ2) is 8.55. The Kier molecular flexibility index (Phi) is 5.95. The van der Waals surface area contributed by atoms with Gasteiger partial charge in [0.05, 0.1) is 9.79 Å². The van der Waals surface area contributed by atoms with Crippen LogP contribution in [-0.4, -0.2) is 22.6 Å². The van der Waals surface area contributed by atoms with E-state index in [1.807, 2.05) is 6.07 Å². The van der Waals surface area contributed by atoms with Crippen LogP contribution in [0.5, 0.6) is 0 Å². The van der Waals surface area contributed by atoms with Crippen molar-refractivity contribution in [3.8, 4) is 11.1 Å². The first-order valence-electron chi connectivity index (χ1n) is 12.0. The molecule has 0 bridgehead atoms. The smallest absolute Gasteiger partial charge is 0.238 e. The molecule has 0 amide bonds. The minimum absolute atomic E-state index is 0.109. The van der Waals surface area contributed by atoms with Crippen LogP contribution in [0.4, 0.5) is 0 Å². The lowest BCUT2D eigenvalue weighted by Gasteiger charge is -2.21. The Hall–Kier alpha value is -2.07. The van der Waals surface area contributed by atoms with E-state index in [9.17, 15) is 21.6 Å². The monoisotopic (exact) mass is 502 g/mol. The molecule has 3 aliphatic rings. The second-order valence-electron chi connectivity index (χ2n) is 10.1. The molecule has 0 aliphatic heterocycles. The maximum Gasteiger partial charge on any atom is 0.238 e. The number of benzene rings is 2. The normalized spacial score (nSPS) is 19.1. The zero-order chi connectivity index (χ0) is 24.3. The first kappa shape index (κ1) is 23.7. The minimum atomic E-state index is -4.08. The van der Waals surface area contributed by atoms with Gasteiger partial charge in [0.25, 0.3) is 0 Å². The summed E-state index contributed by atoms with van der Waals surface area (Å²) in [6.45, 7) is 0. The topological polar surface area (TPSA) is 137 Å². The summed E-state index contributed by atoms with van der Waals surface area (Å²) in [6, 6.07) is 6.12. The van der Waals surface area contributed by atoms with Gasteiger partial charge in [-0.3, -0.25) is 4.79 Å². The number of nitrogens with two attached hydrogens (primary N) is 2. The number of hydrogen-bond donors (Lipinski definition) is 2. The number of sulfonamides is 2. The highest BCUT2D eigenvalue weighted by molar-refractivity contribution is 7.89. The van der Waals surface area contributed by atoms with Gasteiger partial charge >= 0.3 is 0 Å². The van der Waals surface area contributed by atoms with Crippen LogP contribution in [0.2, 0.25) is 0 Å². The maximum atomic E-state index is 13.6. The molecule has 2 aromatic carbocycles. The molecule has 0 heterocycles. The van der Waals surface area contributed by atoms with Gasteiger partial charge in [0.15, 0.2) is 5.78 Å². The number of carbonyl (C=O) groups excluding carboxylic acids is 1. The zero-order valence-electron chi connectivity index (χ0n) is 19.0. The van der Waals surface area contributed by atoms with Gasteiger partial charge in [-0.15, -0.1) is 0 Å². The fourth-order valence-electron chi connectivity index (χ4n) is 6.24. The first-order chi connectivity index (χ1) is 16.0. The molecule has 7 nitrogen and oxygen atoms in total. The number of carbonyl (C=O) groups is 1. The number of primary sulfonamides is 2. The predicted molar refractivity (Wildman–Crippen MR) is 129 cm³/mol. The average molecular weight is 503 g/mol. The standard InChI is InChI=1S/C25H30N2O5S2/c26-33(29,30)18-9-10-19-20-13-17(11-15-5-1-2-6-15)25(34(27,31)32)22(12-16-7-3-4-8-16)23(20)24(28)21(19)14-18/h9-10,13-16H,1-8,11-12H2,(H2,26,29,30)(H2,27,31,32). The molecule has 0 spiro atoms. The summed E-state index contributed by atoms with van der Waals surface area (Å²) < 4.78 is 49.7. The van der Waals surface area contributed by atoms with Crippen molar-refractivity contribution in [1.29, 1.82) is 0 Å². The lowest BCUT2D eigenvalue weighted by Crippen LogP contribution is -2.21. The lowest BCUT2D eigenvalue weighted by molar-refractivity contribution is 0.104. The van der Waals surface area contributed by atoms with Crippen molar-refractivity contribution in [2.45, 2.75) is 74.0 Å². The maximum absolute atomic E-state index is 13.6. The predicted octanol–water partition coefficient (Wildman–Crippen LogP) is 3.66. The number of fused-ring (bicyclic) bond motifs is 3. The number of hydrogen-bond acceptors (Lipinski definition) is 5. The Morgan fingerprint density at radius 3 is 1.88 bits per heavy atom. The number of ketones is 1. The van der Waals surface area contributed by atoms with Crippen molar-refractivity contribution < 1.29 is 21.6 Å². The van der Waals surface area contributed by atoms with E-state index in [0.29, 0.717) is 52.5 Å². The van der Waals surface area contributed by atoms with Crippen molar-refractivity contribution in [2.75, 3.05) is 0 Å². The van der Waals surface area contributed by atoms with E-state index in [4.69, 9.17) is 10.3 Å². The molecule has 182 valence electrons. The van der Waals surface area contributed by atoms with Crippen LogP contribution in [-0.2, 0) is 32.9 Å². The quantitative estimate of drug-likeness (QED) is 0.530. The number of rotatable bonds is 6. The summed E-state index contributed by atoms with van der Waals surface area (Å²) in [4.78, 5) is 13.6. The van der Waals surface area contributed by atoms with Gasteiger partial charge in [-0.25, -0.2) is 27.1 Å². The summed E-state index contributed by atoms with van der Waals surface area (Å²) >= 11 is 0. The van der Waals surface area contributed by atoms with Gasteiger partial charge in [0, 0.05) is 11.1 Å². The highest BCUT2D eigenvalue weighted by Crippen LogP contribution is 2.45. The molecule has 0 saturated heterocycles. The lowest BCUT2D eigenvalue weighted by atomic mass is 9.87. The van der Waals surface area contributed by atoms with Gasteiger partial charge in [0.1, 0.15) is 0 Å². The first-order valence-corrected chi connectivity index (χ1v) is 15.1.